The van der Waals surface area contributed by atoms with Gasteiger partial charge in [-0.3, -0.25) is 0 Å². The van der Waals surface area contributed by atoms with Crippen molar-refractivity contribution >= 4 is 11.9 Å². The highest BCUT2D eigenvalue weighted by molar-refractivity contribution is 5.87. The molecule has 0 radical (unpaired) electrons. The number of carbonyl (C=O) groups excluding carboxylic acids is 1. The summed E-state index contributed by atoms with van der Waals surface area (Å²) >= 11 is 0. The Balaban J connectivity index is 4.58. The zero-order valence-electron chi connectivity index (χ0n) is 7.43. The minimum Gasteiger partial charge on any atom is -0.504 e. The van der Waals surface area contributed by atoms with Crippen LogP contribution in [0.1, 0.15) is 6.92 Å². The summed E-state index contributed by atoms with van der Waals surface area (Å²) in [4.78, 5) is 20.8. The zero-order chi connectivity index (χ0) is 11.1. The van der Waals surface area contributed by atoms with Gasteiger partial charge in [-0.15, -0.1) is 0 Å². The van der Waals surface area contributed by atoms with Gasteiger partial charge in [0.1, 0.15) is 0 Å². The normalized spacial score (nSPS) is 12.4. The molecule has 0 bridgehead atoms. The van der Waals surface area contributed by atoms with Gasteiger partial charge in [-0.1, -0.05) is 0 Å². The molecule has 0 aromatic carbocycles. The first-order valence-electron chi connectivity index (χ1n) is 3.69. The van der Waals surface area contributed by atoms with Crippen molar-refractivity contribution in [3.8, 4) is 0 Å². The third-order valence-corrected chi connectivity index (χ3v) is 1.10. The van der Waals surface area contributed by atoms with Gasteiger partial charge in [0.25, 0.3) is 0 Å². The van der Waals surface area contributed by atoms with Gasteiger partial charge in [0.05, 0.1) is 6.61 Å². The first-order chi connectivity index (χ1) is 6.49. The molecule has 0 spiro atoms. The molecule has 0 aromatic rings. The SMILES string of the molecule is CCOC(=O)C(O)=C(O)C=CC(=O)O. The Morgan fingerprint density at radius 1 is 1.21 bits per heavy atom. The molecule has 6 heteroatoms. The standard InChI is InChI=1S/C8H10O6/c1-2-14-8(13)7(12)5(9)3-4-6(10)11/h3-4,9,12H,2H2,1H3,(H,10,11). The summed E-state index contributed by atoms with van der Waals surface area (Å²) in [6.07, 6.45) is 1.25. The van der Waals surface area contributed by atoms with Gasteiger partial charge >= 0.3 is 11.9 Å². The monoisotopic (exact) mass is 202 g/mol. The maximum absolute atomic E-state index is 10.8. The second kappa shape index (κ2) is 5.63. The number of rotatable bonds is 4. The fourth-order valence-electron chi connectivity index (χ4n) is 0.533. The highest BCUT2D eigenvalue weighted by Crippen LogP contribution is 2.01. The average Bonchev–Trinajstić information content (AvgIpc) is 2.13. The number of ether oxygens (including phenoxy) is 1. The van der Waals surface area contributed by atoms with E-state index in [9.17, 15) is 9.59 Å². The molecule has 6 nitrogen and oxygen atoms in total. The number of carbonyl (C=O) groups is 2. The van der Waals surface area contributed by atoms with E-state index in [0.29, 0.717) is 12.2 Å². The van der Waals surface area contributed by atoms with E-state index in [-0.39, 0.29) is 6.61 Å². The van der Waals surface area contributed by atoms with Crippen LogP contribution >= 0.6 is 0 Å². The maximum atomic E-state index is 10.8. The van der Waals surface area contributed by atoms with Crippen molar-refractivity contribution < 1.29 is 29.6 Å². The molecule has 0 fully saturated rings. The lowest BCUT2D eigenvalue weighted by atomic mass is 10.3. The van der Waals surface area contributed by atoms with Crippen molar-refractivity contribution in [2.45, 2.75) is 6.92 Å². The van der Waals surface area contributed by atoms with E-state index in [1.54, 1.807) is 0 Å². The molecule has 0 rings (SSSR count). The minimum absolute atomic E-state index is 0.0405. The van der Waals surface area contributed by atoms with Crippen molar-refractivity contribution in [2.75, 3.05) is 6.61 Å². The predicted octanol–water partition coefficient (Wildman–Crippen LogP) is 0.518. The van der Waals surface area contributed by atoms with Gasteiger partial charge < -0.3 is 20.1 Å². The van der Waals surface area contributed by atoms with Crippen molar-refractivity contribution in [3.05, 3.63) is 23.7 Å². The fourth-order valence-corrected chi connectivity index (χ4v) is 0.533. The predicted molar refractivity (Wildman–Crippen MR) is 45.7 cm³/mol. The number of carboxylic acid groups (broad SMARTS) is 1. The second-order valence-electron chi connectivity index (χ2n) is 2.13. The third-order valence-electron chi connectivity index (χ3n) is 1.10. The zero-order valence-corrected chi connectivity index (χ0v) is 7.43. The van der Waals surface area contributed by atoms with Gasteiger partial charge in [-0.2, -0.15) is 0 Å². The number of carboxylic acids is 1. The van der Waals surface area contributed by atoms with Crippen LogP contribution in [0.15, 0.2) is 23.7 Å². The average molecular weight is 202 g/mol. The molecule has 0 aliphatic heterocycles. The van der Waals surface area contributed by atoms with Gasteiger partial charge in [-0.05, 0) is 13.0 Å². The summed E-state index contributed by atoms with van der Waals surface area (Å²) in [5.41, 5.74) is 0. The van der Waals surface area contributed by atoms with Crippen LogP contribution in [0.5, 0.6) is 0 Å². The van der Waals surface area contributed by atoms with E-state index >= 15 is 0 Å². The van der Waals surface area contributed by atoms with Crippen LogP contribution < -0.4 is 0 Å². The third kappa shape index (κ3) is 4.15. The number of aliphatic carboxylic acids is 1. The molecular weight excluding hydrogens is 192 g/mol. The van der Waals surface area contributed by atoms with E-state index in [1.165, 1.54) is 6.92 Å². The van der Waals surface area contributed by atoms with Crippen LogP contribution in [0.25, 0.3) is 0 Å². The number of hydrogen-bond acceptors (Lipinski definition) is 5. The van der Waals surface area contributed by atoms with Crippen LogP contribution in [0.3, 0.4) is 0 Å². The lowest BCUT2D eigenvalue weighted by Crippen LogP contribution is -2.09. The van der Waals surface area contributed by atoms with Crippen LogP contribution in [-0.4, -0.2) is 33.9 Å². The molecule has 3 N–H and O–H groups in total. The Kier molecular flexibility index (Phi) is 4.83. The summed E-state index contributed by atoms with van der Waals surface area (Å²) in [7, 11) is 0. The van der Waals surface area contributed by atoms with Crippen molar-refractivity contribution in [3.63, 3.8) is 0 Å². The topological polar surface area (TPSA) is 104 Å². The molecule has 14 heavy (non-hydrogen) atoms. The number of aliphatic hydroxyl groups is 2. The van der Waals surface area contributed by atoms with E-state index in [1.807, 2.05) is 0 Å². The number of aliphatic hydroxyl groups excluding tert-OH is 2. The van der Waals surface area contributed by atoms with Crippen LogP contribution in [-0.2, 0) is 14.3 Å². The molecule has 0 atom stereocenters. The molecule has 0 unspecified atom stereocenters. The fraction of sp³-hybridized carbons (Fsp3) is 0.250. The molecule has 0 aromatic heterocycles. The van der Waals surface area contributed by atoms with Crippen LogP contribution in [0.4, 0.5) is 0 Å². The van der Waals surface area contributed by atoms with Crippen LogP contribution in [0.2, 0.25) is 0 Å². The van der Waals surface area contributed by atoms with Crippen molar-refractivity contribution in [2.24, 2.45) is 0 Å². The number of allylic oxidation sites excluding steroid dienone is 1. The Morgan fingerprint density at radius 3 is 2.21 bits per heavy atom. The van der Waals surface area contributed by atoms with E-state index in [0.717, 1.165) is 0 Å². The Bertz CT molecular complexity index is 288. The molecule has 78 valence electrons. The first kappa shape index (κ1) is 12.0. The highest BCUT2D eigenvalue weighted by atomic mass is 16.5. The van der Waals surface area contributed by atoms with Crippen molar-refractivity contribution in [1.29, 1.82) is 0 Å². The summed E-state index contributed by atoms with van der Waals surface area (Å²) in [5.74, 6) is -4.30. The minimum atomic E-state index is -1.31. The molecule has 0 saturated heterocycles. The smallest absolute Gasteiger partial charge is 0.377 e. The Hall–Kier alpha value is -1.98. The summed E-state index contributed by atoms with van der Waals surface area (Å²) < 4.78 is 4.34. The number of hydrogen-bond donors (Lipinski definition) is 3. The van der Waals surface area contributed by atoms with Crippen molar-refractivity contribution in [1.82, 2.24) is 0 Å². The quantitative estimate of drug-likeness (QED) is 0.265. The second-order valence-corrected chi connectivity index (χ2v) is 2.13. The maximum Gasteiger partial charge on any atom is 0.377 e. The largest absolute Gasteiger partial charge is 0.504 e. The number of esters is 1. The molecule has 0 aliphatic rings. The lowest BCUT2D eigenvalue weighted by Gasteiger charge is -2.00. The first-order valence-corrected chi connectivity index (χ1v) is 3.69. The van der Waals surface area contributed by atoms with E-state index in [2.05, 4.69) is 4.74 Å². The van der Waals surface area contributed by atoms with E-state index in [4.69, 9.17) is 15.3 Å². The van der Waals surface area contributed by atoms with E-state index < -0.39 is 23.5 Å². The summed E-state index contributed by atoms with van der Waals surface area (Å²) in [6, 6.07) is 0. The molecular formula is C8H10O6. The van der Waals surface area contributed by atoms with Crippen LogP contribution in [0, 0.1) is 0 Å². The lowest BCUT2D eigenvalue weighted by molar-refractivity contribution is -0.141. The molecule has 0 aliphatic carbocycles. The summed E-state index contributed by atoms with van der Waals surface area (Å²) in [5, 5.41) is 26.1. The van der Waals surface area contributed by atoms with Gasteiger partial charge in [0.2, 0.25) is 5.76 Å². The molecule has 0 heterocycles. The molecule has 0 saturated carbocycles. The van der Waals surface area contributed by atoms with Gasteiger partial charge in [0, 0.05) is 6.08 Å². The summed E-state index contributed by atoms with van der Waals surface area (Å²) in [6.45, 7) is 1.56. The van der Waals surface area contributed by atoms with Gasteiger partial charge in [0.15, 0.2) is 5.76 Å². The van der Waals surface area contributed by atoms with Gasteiger partial charge in [-0.25, -0.2) is 9.59 Å². The Morgan fingerprint density at radius 2 is 1.79 bits per heavy atom. The Labute approximate surface area is 79.7 Å². The highest BCUT2D eigenvalue weighted by Gasteiger charge is 2.12. The molecule has 0 amide bonds.